The van der Waals surface area contributed by atoms with Crippen LogP contribution in [0.15, 0.2) is 24.3 Å². The van der Waals surface area contributed by atoms with Gasteiger partial charge in [-0.15, -0.1) is 0 Å². The van der Waals surface area contributed by atoms with Crippen molar-refractivity contribution in [3.05, 3.63) is 29.8 Å². The molecule has 1 atom stereocenters. The van der Waals surface area contributed by atoms with Crippen LogP contribution in [0.25, 0.3) is 0 Å². The molecule has 0 N–H and O–H groups in total. The molecule has 1 saturated heterocycles. The molecule has 0 saturated carbocycles. The summed E-state index contributed by atoms with van der Waals surface area (Å²) in [5.41, 5.74) is 0.543. The second kappa shape index (κ2) is 6.40. The summed E-state index contributed by atoms with van der Waals surface area (Å²) >= 11 is 0. The minimum Gasteiger partial charge on any atom is -0.491 e. The molecule has 1 aliphatic heterocycles. The Bertz CT molecular complexity index is 379. The normalized spacial score (nSPS) is 18.6. The van der Waals surface area contributed by atoms with Gasteiger partial charge in [0.1, 0.15) is 12.4 Å². The third kappa shape index (κ3) is 3.47. The van der Waals surface area contributed by atoms with Crippen LogP contribution in [0.2, 0.25) is 0 Å². The van der Waals surface area contributed by atoms with Crippen molar-refractivity contribution in [3.63, 3.8) is 0 Å². The molecular formula is C14H18O4. The highest BCUT2D eigenvalue weighted by molar-refractivity contribution is 5.89. The topological polar surface area (TPSA) is 44.8 Å². The van der Waals surface area contributed by atoms with Crippen molar-refractivity contribution >= 4 is 5.97 Å². The van der Waals surface area contributed by atoms with Crippen molar-refractivity contribution in [1.29, 1.82) is 0 Å². The van der Waals surface area contributed by atoms with Gasteiger partial charge in [0.15, 0.2) is 0 Å². The summed E-state index contributed by atoms with van der Waals surface area (Å²) in [5, 5.41) is 0. The largest absolute Gasteiger partial charge is 0.491 e. The number of ether oxygens (including phenoxy) is 3. The van der Waals surface area contributed by atoms with Gasteiger partial charge in [-0.3, -0.25) is 0 Å². The van der Waals surface area contributed by atoms with Crippen LogP contribution in [-0.4, -0.2) is 31.9 Å². The Labute approximate surface area is 107 Å². The minimum atomic E-state index is -0.303. The van der Waals surface area contributed by atoms with Crippen LogP contribution in [0.1, 0.15) is 30.1 Å². The Kier molecular flexibility index (Phi) is 4.59. The molecule has 0 amide bonds. The van der Waals surface area contributed by atoms with E-state index in [1.54, 1.807) is 31.2 Å². The Balaban J connectivity index is 1.85. The second-order valence-corrected chi connectivity index (χ2v) is 4.19. The summed E-state index contributed by atoms with van der Waals surface area (Å²) in [4.78, 5) is 11.4. The van der Waals surface area contributed by atoms with Gasteiger partial charge in [-0.2, -0.15) is 0 Å². The maximum absolute atomic E-state index is 11.4. The van der Waals surface area contributed by atoms with Crippen molar-refractivity contribution in [2.24, 2.45) is 0 Å². The summed E-state index contributed by atoms with van der Waals surface area (Å²) in [6.07, 6.45) is 2.37. The van der Waals surface area contributed by atoms with Gasteiger partial charge in [0.2, 0.25) is 0 Å². The second-order valence-electron chi connectivity index (χ2n) is 4.19. The van der Waals surface area contributed by atoms with Crippen LogP contribution < -0.4 is 4.74 Å². The molecule has 18 heavy (non-hydrogen) atoms. The number of carbonyl (C=O) groups is 1. The van der Waals surface area contributed by atoms with E-state index in [2.05, 4.69) is 0 Å². The maximum atomic E-state index is 11.4. The fourth-order valence-electron chi connectivity index (χ4n) is 1.87. The Morgan fingerprint density at radius 1 is 1.39 bits per heavy atom. The van der Waals surface area contributed by atoms with Crippen molar-refractivity contribution in [2.75, 3.05) is 19.8 Å². The molecule has 0 aliphatic carbocycles. The monoisotopic (exact) mass is 250 g/mol. The first-order valence-corrected chi connectivity index (χ1v) is 6.31. The van der Waals surface area contributed by atoms with Crippen molar-refractivity contribution in [3.8, 4) is 5.75 Å². The summed E-state index contributed by atoms with van der Waals surface area (Å²) in [6.45, 7) is 3.57. The molecule has 1 aliphatic rings. The number of rotatable bonds is 5. The molecule has 0 bridgehead atoms. The zero-order valence-corrected chi connectivity index (χ0v) is 10.6. The number of hydrogen-bond acceptors (Lipinski definition) is 4. The predicted molar refractivity (Wildman–Crippen MR) is 66.9 cm³/mol. The quantitative estimate of drug-likeness (QED) is 0.753. The highest BCUT2D eigenvalue weighted by Crippen LogP contribution is 2.16. The summed E-state index contributed by atoms with van der Waals surface area (Å²) in [5.74, 6) is 0.446. The average Bonchev–Trinajstić information content (AvgIpc) is 2.90. The highest BCUT2D eigenvalue weighted by atomic mass is 16.5. The van der Waals surface area contributed by atoms with E-state index in [0.717, 1.165) is 25.2 Å². The molecule has 0 unspecified atom stereocenters. The lowest BCUT2D eigenvalue weighted by Gasteiger charge is -2.11. The molecular weight excluding hydrogens is 232 g/mol. The smallest absolute Gasteiger partial charge is 0.338 e. The van der Waals surface area contributed by atoms with Gasteiger partial charge in [0.05, 0.1) is 18.3 Å². The summed E-state index contributed by atoms with van der Waals surface area (Å²) in [6, 6.07) is 6.98. The molecule has 1 aromatic rings. The van der Waals surface area contributed by atoms with Gasteiger partial charge in [-0.25, -0.2) is 4.79 Å². The third-order valence-electron chi connectivity index (χ3n) is 2.83. The lowest BCUT2D eigenvalue weighted by molar-refractivity contribution is 0.0526. The first-order valence-electron chi connectivity index (χ1n) is 6.31. The predicted octanol–water partition coefficient (Wildman–Crippen LogP) is 2.42. The number of hydrogen-bond donors (Lipinski definition) is 0. The fraction of sp³-hybridized carbons (Fsp3) is 0.500. The number of esters is 1. The molecule has 0 radical (unpaired) electrons. The van der Waals surface area contributed by atoms with Crippen molar-refractivity contribution < 1.29 is 19.0 Å². The van der Waals surface area contributed by atoms with Gasteiger partial charge >= 0.3 is 5.97 Å². The zero-order chi connectivity index (χ0) is 12.8. The SMILES string of the molecule is CCOC(=O)c1ccc(OC[C@@H]2CCCO2)cc1. The van der Waals surface area contributed by atoms with E-state index in [4.69, 9.17) is 14.2 Å². The van der Waals surface area contributed by atoms with Gasteiger partial charge < -0.3 is 14.2 Å². The number of benzene rings is 1. The van der Waals surface area contributed by atoms with Gasteiger partial charge in [-0.1, -0.05) is 0 Å². The van der Waals surface area contributed by atoms with Crippen LogP contribution in [0.4, 0.5) is 0 Å². The van der Waals surface area contributed by atoms with Crippen LogP contribution in [0.5, 0.6) is 5.75 Å². The molecule has 4 nitrogen and oxygen atoms in total. The molecule has 1 heterocycles. The molecule has 1 aromatic carbocycles. The lowest BCUT2D eigenvalue weighted by Crippen LogP contribution is -2.16. The first kappa shape index (κ1) is 12.9. The van der Waals surface area contributed by atoms with Gasteiger partial charge in [0, 0.05) is 6.61 Å². The van der Waals surface area contributed by atoms with E-state index < -0.39 is 0 Å². The Morgan fingerprint density at radius 2 is 2.17 bits per heavy atom. The van der Waals surface area contributed by atoms with Crippen LogP contribution >= 0.6 is 0 Å². The Hall–Kier alpha value is -1.55. The molecule has 0 aromatic heterocycles. The van der Waals surface area contributed by atoms with E-state index in [-0.39, 0.29) is 12.1 Å². The summed E-state index contributed by atoms with van der Waals surface area (Å²) < 4.78 is 16.0. The van der Waals surface area contributed by atoms with Crippen LogP contribution in [0.3, 0.4) is 0 Å². The maximum Gasteiger partial charge on any atom is 0.338 e. The number of carbonyl (C=O) groups excluding carboxylic acids is 1. The summed E-state index contributed by atoms with van der Waals surface area (Å²) in [7, 11) is 0. The van der Waals surface area contributed by atoms with E-state index in [1.165, 1.54) is 0 Å². The first-order chi connectivity index (χ1) is 8.79. The average molecular weight is 250 g/mol. The van der Waals surface area contributed by atoms with E-state index in [9.17, 15) is 4.79 Å². The van der Waals surface area contributed by atoms with E-state index >= 15 is 0 Å². The van der Waals surface area contributed by atoms with Crippen molar-refractivity contribution in [2.45, 2.75) is 25.9 Å². The molecule has 0 spiro atoms. The lowest BCUT2D eigenvalue weighted by atomic mass is 10.2. The minimum absolute atomic E-state index is 0.203. The Morgan fingerprint density at radius 3 is 2.78 bits per heavy atom. The molecule has 1 fully saturated rings. The van der Waals surface area contributed by atoms with Crippen LogP contribution in [0, 0.1) is 0 Å². The molecule has 98 valence electrons. The standard InChI is InChI=1S/C14H18O4/c1-2-16-14(15)11-5-7-12(8-6-11)18-10-13-4-3-9-17-13/h5-8,13H,2-4,9-10H2,1H3/t13-/m0/s1. The van der Waals surface area contributed by atoms with Crippen LogP contribution in [-0.2, 0) is 9.47 Å². The highest BCUT2D eigenvalue weighted by Gasteiger charge is 2.16. The van der Waals surface area contributed by atoms with E-state index in [1.807, 2.05) is 0 Å². The van der Waals surface area contributed by atoms with Gasteiger partial charge in [-0.05, 0) is 44.0 Å². The zero-order valence-electron chi connectivity index (χ0n) is 10.6. The third-order valence-corrected chi connectivity index (χ3v) is 2.83. The van der Waals surface area contributed by atoms with Crippen molar-refractivity contribution in [1.82, 2.24) is 0 Å². The molecule has 4 heteroatoms. The fourth-order valence-corrected chi connectivity index (χ4v) is 1.87. The molecule has 2 rings (SSSR count). The van der Waals surface area contributed by atoms with Gasteiger partial charge in [0.25, 0.3) is 0 Å². The van der Waals surface area contributed by atoms with E-state index in [0.29, 0.717) is 18.8 Å².